The first-order valence-electron chi connectivity index (χ1n) is 34.2. The Morgan fingerprint density at radius 3 is 0.826 bits per heavy atom. The number of aryl methyl sites for hydroxylation is 3. The van der Waals surface area contributed by atoms with Crippen molar-refractivity contribution in [2.45, 2.75) is 374 Å². The van der Waals surface area contributed by atoms with Gasteiger partial charge >= 0.3 is 29.8 Å². The van der Waals surface area contributed by atoms with Crippen LogP contribution in [0.2, 0.25) is 0 Å². The zero-order valence-electron chi connectivity index (χ0n) is 61.1. The molecule has 5 N–H and O–H groups in total. The standard InChI is InChI=1S/C72H123N5O15/c1-60(2,55(78)88-50-37-61(3,4)73(83)62(5,6)38-50)33-26-29-48-32-31-47(28-25-34-71(23,56(79)89-51-39-63(7,8)74(84)64(9,10)40-51)57(80)90-52-41-65(11,12)75(85)66(13,14)42-52)36-49(48)30-27-35-72(24,58(81)91-53-43-67(15,16)76(86)68(17,18)44-53)59(82)92-54-45-69(19,20)77(87)70(21,22)46-54/h31-32,36,50-54,83-87H,25-30,33-35,37-46H2,1-24H3. The number of benzene rings is 1. The Hall–Kier alpha value is -3.83. The van der Waals surface area contributed by atoms with E-state index in [9.17, 15) is 50.0 Å². The molecule has 0 aromatic heterocycles. The van der Waals surface area contributed by atoms with Crippen molar-refractivity contribution in [1.82, 2.24) is 25.3 Å². The summed E-state index contributed by atoms with van der Waals surface area (Å²) in [6.45, 7) is 45.0. The minimum atomic E-state index is -1.76. The molecule has 0 amide bonds. The average molecular weight is 1300 g/mol. The van der Waals surface area contributed by atoms with Crippen LogP contribution in [-0.4, -0.2) is 167 Å². The van der Waals surface area contributed by atoms with E-state index in [2.05, 4.69) is 12.1 Å². The molecule has 526 valence electrons. The van der Waals surface area contributed by atoms with Gasteiger partial charge in [-0.15, -0.1) is 0 Å². The normalized spacial score (nSPS) is 25.0. The van der Waals surface area contributed by atoms with Crippen LogP contribution in [0.5, 0.6) is 0 Å². The minimum Gasteiger partial charge on any atom is -0.462 e. The number of hydroxylamine groups is 10. The molecule has 5 aliphatic heterocycles. The van der Waals surface area contributed by atoms with Crippen molar-refractivity contribution in [3.8, 4) is 0 Å². The molecule has 5 saturated heterocycles. The Kier molecular flexibility index (Phi) is 22.6. The second-order valence-electron chi connectivity index (χ2n) is 36.1. The summed E-state index contributed by atoms with van der Waals surface area (Å²) >= 11 is 0. The smallest absolute Gasteiger partial charge is 0.323 e. The highest BCUT2D eigenvalue weighted by Crippen LogP contribution is 2.46. The number of hydrogen-bond donors (Lipinski definition) is 5. The second kappa shape index (κ2) is 26.9. The molecule has 92 heavy (non-hydrogen) atoms. The SMILES string of the molecule is CC(C)(CCCc1ccc(CCCC(C)(C(=O)OC2CC(C)(C)N(O)C(C)(C)C2)C(=O)OC2CC(C)(C)N(O)C(C)(C)C2)cc1CCCC(C)(C(=O)OC1CC(C)(C)N(O)C(C)(C)C1)C(=O)OC1CC(C)(C)N(O)C(C)(C)C1)C(=O)OC1CC(C)(C)N(O)C(C)(C)C1. The third kappa shape index (κ3) is 17.3. The molecule has 0 saturated carbocycles. The van der Waals surface area contributed by atoms with Crippen LogP contribution in [0.25, 0.3) is 0 Å². The Morgan fingerprint density at radius 1 is 0.348 bits per heavy atom. The van der Waals surface area contributed by atoms with E-state index in [4.69, 9.17) is 23.7 Å². The molecule has 0 atom stereocenters. The molecule has 0 radical (unpaired) electrons. The molecule has 0 aliphatic carbocycles. The molecule has 5 aliphatic rings. The highest BCUT2D eigenvalue weighted by Gasteiger charge is 2.56. The number of hydrogen-bond acceptors (Lipinski definition) is 20. The Balaban J connectivity index is 1.30. The summed E-state index contributed by atoms with van der Waals surface area (Å²) in [7, 11) is 0. The predicted octanol–water partition coefficient (Wildman–Crippen LogP) is 13.5. The molecule has 5 heterocycles. The maximum atomic E-state index is 15.0. The molecule has 20 nitrogen and oxygen atoms in total. The number of carbonyl (C=O) groups excluding carboxylic acids is 5. The third-order valence-electron chi connectivity index (χ3n) is 21.5. The number of esters is 5. The lowest BCUT2D eigenvalue weighted by Gasteiger charge is -2.51. The summed E-state index contributed by atoms with van der Waals surface area (Å²) in [4.78, 5) is 73.6. The molecule has 5 fully saturated rings. The molecular formula is C72H123N5O15. The zero-order chi connectivity index (χ0) is 70.0. The van der Waals surface area contributed by atoms with Gasteiger partial charge in [-0.05, 0) is 241 Å². The molecule has 0 bridgehead atoms. The van der Waals surface area contributed by atoms with E-state index >= 15 is 0 Å². The summed E-state index contributed by atoms with van der Waals surface area (Å²) in [5, 5.41) is 62.1. The highest BCUT2D eigenvalue weighted by atomic mass is 16.6. The number of piperidine rings is 5. The van der Waals surface area contributed by atoms with Crippen molar-refractivity contribution in [2.24, 2.45) is 16.2 Å². The highest BCUT2D eigenvalue weighted by molar-refractivity contribution is 6.00. The van der Waals surface area contributed by atoms with E-state index < -0.39 is 120 Å². The van der Waals surface area contributed by atoms with Gasteiger partial charge in [-0.2, -0.15) is 25.3 Å². The largest absolute Gasteiger partial charge is 0.462 e. The molecule has 20 heteroatoms. The van der Waals surface area contributed by atoms with Gasteiger partial charge in [0.2, 0.25) is 0 Å². The third-order valence-corrected chi connectivity index (χ3v) is 21.5. The monoisotopic (exact) mass is 1300 g/mol. The maximum Gasteiger partial charge on any atom is 0.323 e. The second-order valence-corrected chi connectivity index (χ2v) is 36.1. The molecule has 0 unspecified atom stereocenters. The number of rotatable bonds is 22. The van der Waals surface area contributed by atoms with E-state index in [0.29, 0.717) is 109 Å². The van der Waals surface area contributed by atoms with Gasteiger partial charge in [0.15, 0.2) is 10.8 Å². The summed E-state index contributed by atoms with van der Waals surface area (Å²) in [6, 6.07) is 6.24. The number of carbonyl (C=O) groups is 5. The van der Waals surface area contributed by atoms with Crippen LogP contribution < -0.4 is 0 Å². The molecule has 1 aromatic carbocycles. The Bertz CT molecular complexity index is 2620. The van der Waals surface area contributed by atoms with Crippen LogP contribution in [0.4, 0.5) is 0 Å². The van der Waals surface area contributed by atoms with Gasteiger partial charge in [0.05, 0.1) is 5.41 Å². The fourth-order valence-electron chi connectivity index (χ4n) is 16.7. The summed E-state index contributed by atoms with van der Waals surface area (Å²) < 4.78 is 31.7. The molecule has 1 aromatic rings. The summed E-state index contributed by atoms with van der Waals surface area (Å²) in [5.74, 6) is -3.13. The minimum absolute atomic E-state index is 0.0628. The van der Waals surface area contributed by atoms with E-state index in [0.717, 1.165) is 16.7 Å². The fraction of sp³-hybridized carbons (Fsp3) is 0.847. The zero-order valence-corrected chi connectivity index (χ0v) is 61.1. The lowest BCUT2D eigenvalue weighted by Crippen LogP contribution is -2.61. The average Bonchev–Trinajstić information content (AvgIpc) is 0.794. The topological polar surface area (TPSA) is 249 Å². The van der Waals surface area contributed by atoms with Gasteiger partial charge < -0.3 is 49.7 Å². The maximum absolute atomic E-state index is 15.0. The van der Waals surface area contributed by atoms with Gasteiger partial charge in [0, 0.05) is 120 Å². The van der Waals surface area contributed by atoms with Gasteiger partial charge in [-0.1, -0.05) is 18.2 Å². The van der Waals surface area contributed by atoms with E-state index in [1.807, 2.05) is 158 Å². The first kappa shape index (κ1) is 77.2. The molecular weight excluding hydrogens is 1170 g/mol. The van der Waals surface area contributed by atoms with Crippen LogP contribution in [0, 0.1) is 16.2 Å². The van der Waals surface area contributed by atoms with E-state index in [1.54, 1.807) is 13.8 Å². The Morgan fingerprint density at radius 2 is 0.565 bits per heavy atom. The number of nitrogens with zero attached hydrogens (tertiary/aromatic N) is 5. The molecule has 6 rings (SSSR count). The fourth-order valence-corrected chi connectivity index (χ4v) is 16.7. The first-order valence-corrected chi connectivity index (χ1v) is 34.2. The van der Waals surface area contributed by atoms with Crippen molar-refractivity contribution in [1.29, 1.82) is 0 Å². The lowest BCUT2D eigenvalue weighted by molar-refractivity contribution is -0.263. The van der Waals surface area contributed by atoms with Gasteiger partial charge in [0.25, 0.3) is 0 Å². The Labute approximate surface area is 551 Å². The van der Waals surface area contributed by atoms with Crippen LogP contribution in [0.15, 0.2) is 18.2 Å². The first-order chi connectivity index (χ1) is 41.6. The van der Waals surface area contributed by atoms with Crippen molar-refractivity contribution in [3.05, 3.63) is 34.9 Å². The lowest BCUT2D eigenvalue weighted by atomic mass is 9.79. The predicted molar refractivity (Wildman–Crippen MR) is 350 cm³/mol. The summed E-state index contributed by atoms with van der Waals surface area (Å²) in [5.41, 5.74) is -8.51. The van der Waals surface area contributed by atoms with Crippen molar-refractivity contribution >= 4 is 29.8 Å². The van der Waals surface area contributed by atoms with Crippen LogP contribution in [-0.2, 0) is 66.9 Å². The quantitative estimate of drug-likeness (QED) is 0.0411. The van der Waals surface area contributed by atoms with Gasteiger partial charge in [-0.3, -0.25) is 24.0 Å². The van der Waals surface area contributed by atoms with Crippen molar-refractivity contribution in [2.75, 3.05) is 0 Å². The van der Waals surface area contributed by atoms with E-state index in [1.165, 1.54) is 25.3 Å². The van der Waals surface area contributed by atoms with Crippen molar-refractivity contribution in [3.63, 3.8) is 0 Å². The summed E-state index contributed by atoms with van der Waals surface area (Å²) in [6.07, 6.45) is 4.29. The van der Waals surface area contributed by atoms with Crippen molar-refractivity contribution < 1.29 is 73.7 Å². The van der Waals surface area contributed by atoms with Crippen LogP contribution in [0.1, 0.15) is 286 Å². The van der Waals surface area contributed by atoms with Crippen LogP contribution in [0.3, 0.4) is 0 Å². The van der Waals surface area contributed by atoms with Gasteiger partial charge in [-0.25, -0.2) is 0 Å². The molecule has 0 spiro atoms. The van der Waals surface area contributed by atoms with Crippen LogP contribution >= 0.6 is 0 Å². The van der Waals surface area contributed by atoms with E-state index in [-0.39, 0.29) is 24.9 Å². The number of ether oxygens (including phenoxy) is 5. The van der Waals surface area contributed by atoms with Gasteiger partial charge in [0.1, 0.15) is 30.5 Å².